The standard InChI is InChI=1S/C16H23N3/c1-4-8-14-15(17)19(11-12(2)3)16(18-14)13-9-6-5-7-10-13/h5-7,9-10,12H,4,8,11,17H2,1-3H3. The van der Waals surface area contributed by atoms with Crippen LogP contribution in [-0.2, 0) is 13.0 Å². The van der Waals surface area contributed by atoms with Gasteiger partial charge in [0.05, 0.1) is 5.69 Å². The first-order valence-electron chi connectivity index (χ1n) is 7.03. The third-order valence-electron chi connectivity index (χ3n) is 3.15. The lowest BCUT2D eigenvalue weighted by molar-refractivity contribution is 0.531. The number of hydrogen-bond acceptors (Lipinski definition) is 2. The van der Waals surface area contributed by atoms with Crippen molar-refractivity contribution >= 4 is 5.82 Å². The van der Waals surface area contributed by atoms with Gasteiger partial charge in [0, 0.05) is 12.1 Å². The van der Waals surface area contributed by atoms with E-state index in [1.807, 2.05) is 18.2 Å². The average molecular weight is 257 g/mol. The molecule has 0 atom stereocenters. The number of imidazole rings is 1. The monoisotopic (exact) mass is 257 g/mol. The van der Waals surface area contributed by atoms with Crippen LogP contribution in [0.15, 0.2) is 30.3 Å². The van der Waals surface area contributed by atoms with E-state index in [2.05, 4.69) is 37.5 Å². The second-order valence-electron chi connectivity index (χ2n) is 5.39. The van der Waals surface area contributed by atoms with E-state index >= 15 is 0 Å². The Kier molecular flexibility index (Phi) is 4.25. The number of nitrogen functional groups attached to an aromatic ring is 1. The fourth-order valence-corrected chi connectivity index (χ4v) is 2.29. The van der Waals surface area contributed by atoms with E-state index in [0.29, 0.717) is 5.92 Å². The van der Waals surface area contributed by atoms with Gasteiger partial charge in [-0.1, -0.05) is 57.5 Å². The predicted octanol–water partition coefficient (Wildman–Crippen LogP) is 3.74. The lowest BCUT2D eigenvalue weighted by Crippen LogP contribution is -2.09. The lowest BCUT2D eigenvalue weighted by Gasteiger charge is -2.12. The largest absolute Gasteiger partial charge is 0.384 e. The molecule has 0 saturated heterocycles. The van der Waals surface area contributed by atoms with Gasteiger partial charge in [0.25, 0.3) is 0 Å². The SMILES string of the molecule is CCCc1nc(-c2ccccc2)n(CC(C)C)c1N. The van der Waals surface area contributed by atoms with Crippen LogP contribution in [0.1, 0.15) is 32.9 Å². The Labute approximate surface area is 115 Å². The van der Waals surface area contributed by atoms with Gasteiger partial charge in [0.1, 0.15) is 11.6 Å². The molecule has 3 nitrogen and oxygen atoms in total. The molecule has 2 N–H and O–H groups in total. The Balaban J connectivity index is 2.49. The number of nitrogens with zero attached hydrogens (tertiary/aromatic N) is 2. The Bertz CT molecular complexity index is 526. The van der Waals surface area contributed by atoms with Crippen molar-refractivity contribution in [2.75, 3.05) is 5.73 Å². The van der Waals surface area contributed by atoms with Crippen LogP contribution in [0.5, 0.6) is 0 Å². The summed E-state index contributed by atoms with van der Waals surface area (Å²) in [6.45, 7) is 7.47. The summed E-state index contributed by atoms with van der Waals surface area (Å²) in [5, 5.41) is 0. The summed E-state index contributed by atoms with van der Waals surface area (Å²) >= 11 is 0. The Morgan fingerprint density at radius 3 is 2.47 bits per heavy atom. The van der Waals surface area contributed by atoms with Crippen molar-refractivity contribution in [3.63, 3.8) is 0 Å². The van der Waals surface area contributed by atoms with Crippen molar-refractivity contribution in [3.8, 4) is 11.4 Å². The van der Waals surface area contributed by atoms with Gasteiger partial charge >= 0.3 is 0 Å². The van der Waals surface area contributed by atoms with Crippen molar-refractivity contribution in [1.82, 2.24) is 9.55 Å². The van der Waals surface area contributed by atoms with Crippen LogP contribution in [0, 0.1) is 5.92 Å². The third-order valence-corrected chi connectivity index (χ3v) is 3.15. The van der Waals surface area contributed by atoms with Gasteiger partial charge in [-0.05, 0) is 12.3 Å². The summed E-state index contributed by atoms with van der Waals surface area (Å²) < 4.78 is 2.16. The van der Waals surface area contributed by atoms with Gasteiger partial charge in [-0.2, -0.15) is 0 Å². The Morgan fingerprint density at radius 2 is 1.89 bits per heavy atom. The van der Waals surface area contributed by atoms with E-state index in [9.17, 15) is 0 Å². The zero-order valence-corrected chi connectivity index (χ0v) is 12.1. The van der Waals surface area contributed by atoms with Crippen molar-refractivity contribution in [2.24, 2.45) is 5.92 Å². The first-order chi connectivity index (χ1) is 9.13. The normalized spacial score (nSPS) is 11.2. The number of aromatic nitrogens is 2. The molecule has 3 heteroatoms. The van der Waals surface area contributed by atoms with Gasteiger partial charge in [-0.3, -0.25) is 0 Å². The predicted molar refractivity (Wildman–Crippen MR) is 80.9 cm³/mol. The zero-order chi connectivity index (χ0) is 13.8. The summed E-state index contributed by atoms with van der Waals surface area (Å²) in [5.74, 6) is 2.37. The molecule has 102 valence electrons. The van der Waals surface area contributed by atoms with Gasteiger partial charge in [-0.25, -0.2) is 4.98 Å². The minimum atomic E-state index is 0.549. The molecular weight excluding hydrogens is 234 g/mol. The van der Waals surface area contributed by atoms with Crippen LogP contribution in [0.3, 0.4) is 0 Å². The highest BCUT2D eigenvalue weighted by atomic mass is 15.1. The maximum absolute atomic E-state index is 6.28. The minimum Gasteiger partial charge on any atom is -0.384 e. The molecule has 2 rings (SSSR count). The summed E-state index contributed by atoms with van der Waals surface area (Å²) in [6, 6.07) is 10.3. The molecule has 19 heavy (non-hydrogen) atoms. The van der Waals surface area contributed by atoms with Crippen LogP contribution < -0.4 is 5.73 Å². The summed E-state index contributed by atoms with van der Waals surface area (Å²) in [4.78, 5) is 4.76. The van der Waals surface area contributed by atoms with E-state index in [4.69, 9.17) is 10.7 Å². The molecule has 0 aliphatic carbocycles. The molecule has 0 fully saturated rings. The fraction of sp³-hybridized carbons (Fsp3) is 0.438. The van der Waals surface area contributed by atoms with Gasteiger partial charge in [0.15, 0.2) is 0 Å². The molecule has 0 amide bonds. The summed E-state index contributed by atoms with van der Waals surface area (Å²) in [7, 11) is 0. The second kappa shape index (κ2) is 5.91. The molecule has 0 bridgehead atoms. The number of nitrogens with two attached hydrogens (primary N) is 1. The molecule has 0 radical (unpaired) electrons. The van der Waals surface area contributed by atoms with Crippen molar-refractivity contribution in [3.05, 3.63) is 36.0 Å². The van der Waals surface area contributed by atoms with E-state index < -0.39 is 0 Å². The molecule has 0 spiro atoms. The van der Waals surface area contributed by atoms with E-state index in [0.717, 1.165) is 42.3 Å². The maximum Gasteiger partial charge on any atom is 0.141 e. The highest BCUT2D eigenvalue weighted by molar-refractivity contribution is 5.60. The molecule has 0 aliphatic rings. The van der Waals surface area contributed by atoms with E-state index in [1.54, 1.807) is 0 Å². The highest BCUT2D eigenvalue weighted by Gasteiger charge is 2.16. The fourth-order valence-electron chi connectivity index (χ4n) is 2.29. The number of anilines is 1. The van der Waals surface area contributed by atoms with Crippen LogP contribution in [0.4, 0.5) is 5.82 Å². The third kappa shape index (κ3) is 2.98. The van der Waals surface area contributed by atoms with Crippen LogP contribution in [-0.4, -0.2) is 9.55 Å². The first-order valence-corrected chi connectivity index (χ1v) is 7.03. The lowest BCUT2D eigenvalue weighted by atomic mass is 10.2. The van der Waals surface area contributed by atoms with E-state index in [-0.39, 0.29) is 0 Å². The van der Waals surface area contributed by atoms with Crippen LogP contribution >= 0.6 is 0 Å². The number of rotatable bonds is 5. The summed E-state index contributed by atoms with van der Waals surface area (Å²) in [6.07, 6.45) is 2.01. The van der Waals surface area contributed by atoms with Crippen LogP contribution in [0.2, 0.25) is 0 Å². The Hall–Kier alpha value is -1.77. The van der Waals surface area contributed by atoms with Gasteiger partial charge in [-0.15, -0.1) is 0 Å². The first kappa shape index (κ1) is 13.7. The van der Waals surface area contributed by atoms with Crippen LogP contribution in [0.25, 0.3) is 11.4 Å². The van der Waals surface area contributed by atoms with Gasteiger partial charge < -0.3 is 10.3 Å². The Morgan fingerprint density at radius 1 is 1.21 bits per heavy atom. The summed E-state index contributed by atoms with van der Waals surface area (Å²) in [5.41, 5.74) is 8.44. The number of hydrogen-bond donors (Lipinski definition) is 1. The molecule has 0 unspecified atom stereocenters. The molecule has 1 heterocycles. The number of benzene rings is 1. The number of aryl methyl sites for hydroxylation is 1. The average Bonchev–Trinajstić information content (AvgIpc) is 2.69. The highest BCUT2D eigenvalue weighted by Crippen LogP contribution is 2.26. The second-order valence-corrected chi connectivity index (χ2v) is 5.39. The zero-order valence-electron chi connectivity index (χ0n) is 12.1. The molecule has 0 aliphatic heterocycles. The molecular formula is C16H23N3. The van der Waals surface area contributed by atoms with Crippen molar-refractivity contribution < 1.29 is 0 Å². The molecule has 2 aromatic rings. The van der Waals surface area contributed by atoms with E-state index in [1.165, 1.54) is 0 Å². The van der Waals surface area contributed by atoms with Crippen molar-refractivity contribution in [1.29, 1.82) is 0 Å². The topological polar surface area (TPSA) is 43.8 Å². The van der Waals surface area contributed by atoms with Crippen molar-refractivity contribution in [2.45, 2.75) is 40.2 Å². The molecule has 1 aromatic carbocycles. The molecule has 0 saturated carbocycles. The molecule has 1 aromatic heterocycles. The smallest absolute Gasteiger partial charge is 0.141 e. The minimum absolute atomic E-state index is 0.549. The van der Waals surface area contributed by atoms with Gasteiger partial charge in [0.2, 0.25) is 0 Å². The maximum atomic E-state index is 6.28. The quantitative estimate of drug-likeness (QED) is 0.886.